The molecule has 1 fully saturated rings. The molecule has 4 nitrogen and oxygen atoms in total. The SMILES string of the molecule is C[C@@H](N)C1CCCCN1C(=O)OC(C)(C)C. The summed E-state index contributed by atoms with van der Waals surface area (Å²) in [4.78, 5) is 13.8. The van der Waals surface area contributed by atoms with E-state index in [2.05, 4.69) is 0 Å². The minimum Gasteiger partial charge on any atom is -0.444 e. The fourth-order valence-corrected chi connectivity index (χ4v) is 2.05. The normalized spacial score (nSPS) is 24.1. The quantitative estimate of drug-likeness (QED) is 0.748. The Morgan fingerprint density at radius 3 is 2.56 bits per heavy atom. The van der Waals surface area contributed by atoms with E-state index < -0.39 is 5.60 Å². The second-order valence-corrected chi connectivity index (χ2v) is 5.60. The molecule has 1 heterocycles. The van der Waals surface area contributed by atoms with Gasteiger partial charge in [0.25, 0.3) is 0 Å². The molecule has 0 bridgehead atoms. The van der Waals surface area contributed by atoms with Crippen LogP contribution < -0.4 is 5.73 Å². The van der Waals surface area contributed by atoms with Gasteiger partial charge < -0.3 is 15.4 Å². The summed E-state index contributed by atoms with van der Waals surface area (Å²) < 4.78 is 5.39. The topological polar surface area (TPSA) is 55.6 Å². The van der Waals surface area contributed by atoms with Crippen LogP contribution in [0.25, 0.3) is 0 Å². The molecule has 4 heteroatoms. The van der Waals surface area contributed by atoms with E-state index in [1.807, 2.05) is 27.7 Å². The van der Waals surface area contributed by atoms with Gasteiger partial charge in [0.15, 0.2) is 0 Å². The summed E-state index contributed by atoms with van der Waals surface area (Å²) >= 11 is 0. The van der Waals surface area contributed by atoms with Gasteiger partial charge in [-0.2, -0.15) is 0 Å². The molecule has 1 rings (SSSR count). The number of ether oxygens (including phenoxy) is 1. The molecular weight excluding hydrogens is 204 g/mol. The predicted octanol–water partition coefficient (Wildman–Crippen LogP) is 2.12. The number of amides is 1. The van der Waals surface area contributed by atoms with Crippen molar-refractivity contribution in [3.8, 4) is 0 Å². The molecule has 16 heavy (non-hydrogen) atoms. The summed E-state index contributed by atoms with van der Waals surface area (Å²) in [5, 5.41) is 0. The van der Waals surface area contributed by atoms with Crippen molar-refractivity contribution in [3.05, 3.63) is 0 Å². The maximum Gasteiger partial charge on any atom is 0.410 e. The average molecular weight is 228 g/mol. The van der Waals surface area contributed by atoms with Crippen molar-refractivity contribution < 1.29 is 9.53 Å². The number of nitrogens with zero attached hydrogens (tertiary/aromatic N) is 1. The Hall–Kier alpha value is -0.770. The summed E-state index contributed by atoms with van der Waals surface area (Å²) in [5.74, 6) is 0. The first-order chi connectivity index (χ1) is 7.31. The zero-order chi connectivity index (χ0) is 12.3. The average Bonchev–Trinajstić information content (AvgIpc) is 2.15. The van der Waals surface area contributed by atoms with Crippen LogP contribution in [0.15, 0.2) is 0 Å². The van der Waals surface area contributed by atoms with Crippen molar-refractivity contribution >= 4 is 6.09 Å². The van der Waals surface area contributed by atoms with Crippen molar-refractivity contribution in [3.63, 3.8) is 0 Å². The summed E-state index contributed by atoms with van der Waals surface area (Å²) in [6.45, 7) is 8.37. The lowest BCUT2D eigenvalue weighted by Gasteiger charge is -2.38. The molecule has 1 aliphatic rings. The van der Waals surface area contributed by atoms with Gasteiger partial charge in [0, 0.05) is 18.6 Å². The lowest BCUT2D eigenvalue weighted by molar-refractivity contribution is 0.00731. The highest BCUT2D eigenvalue weighted by Crippen LogP contribution is 2.21. The standard InChI is InChI=1S/C12H24N2O2/c1-9(13)10-7-5-6-8-14(10)11(15)16-12(2,3)4/h9-10H,5-8,13H2,1-4H3/t9-,10?/m1/s1. The smallest absolute Gasteiger partial charge is 0.410 e. The Bertz CT molecular complexity index is 246. The van der Waals surface area contributed by atoms with Crippen LogP contribution in [0.1, 0.15) is 47.0 Å². The third-order valence-electron chi connectivity index (χ3n) is 2.78. The molecular formula is C12H24N2O2. The third-order valence-corrected chi connectivity index (χ3v) is 2.78. The number of carbonyl (C=O) groups excluding carboxylic acids is 1. The molecule has 2 N–H and O–H groups in total. The number of hydrogen-bond acceptors (Lipinski definition) is 3. The van der Waals surface area contributed by atoms with Crippen molar-refractivity contribution in [1.29, 1.82) is 0 Å². The Labute approximate surface area is 98.1 Å². The molecule has 0 aliphatic carbocycles. The molecule has 0 aromatic carbocycles. The van der Waals surface area contributed by atoms with Crippen molar-refractivity contribution in [2.45, 2.75) is 64.6 Å². The maximum absolute atomic E-state index is 12.0. The zero-order valence-corrected chi connectivity index (χ0v) is 10.8. The van der Waals surface area contributed by atoms with Crippen LogP contribution in [0.2, 0.25) is 0 Å². The minimum atomic E-state index is -0.434. The molecule has 0 spiro atoms. The van der Waals surface area contributed by atoms with Gasteiger partial charge in [-0.1, -0.05) is 0 Å². The number of hydrogen-bond donors (Lipinski definition) is 1. The molecule has 1 aliphatic heterocycles. The van der Waals surface area contributed by atoms with Gasteiger partial charge >= 0.3 is 6.09 Å². The Balaban J connectivity index is 2.64. The number of rotatable bonds is 1. The lowest BCUT2D eigenvalue weighted by atomic mass is 9.97. The van der Waals surface area contributed by atoms with Crippen LogP contribution in [0.3, 0.4) is 0 Å². The van der Waals surface area contributed by atoms with Crippen LogP contribution in [-0.2, 0) is 4.74 Å². The summed E-state index contributed by atoms with van der Waals surface area (Å²) in [6, 6.07) is 0.136. The molecule has 0 saturated carbocycles. The molecule has 2 atom stereocenters. The highest BCUT2D eigenvalue weighted by atomic mass is 16.6. The van der Waals surface area contributed by atoms with Crippen LogP contribution >= 0.6 is 0 Å². The van der Waals surface area contributed by atoms with Crippen LogP contribution in [0.4, 0.5) is 4.79 Å². The molecule has 1 amide bonds. The van der Waals surface area contributed by atoms with E-state index in [-0.39, 0.29) is 18.2 Å². The second-order valence-electron chi connectivity index (χ2n) is 5.60. The van der Waals surface area contributed by atoms with E-state index in [0.717, 1.165) is 25.8 Å². The van der Waals surface area contributed by atoms with Gasteiger partial charge in [0.2, 0.25) is 0 Å². The number of piperidine rings is 1. The van der Waals surface area contributed by atoms with Gasteiger partial charge in [-0.15, -0.1) is 0 Å². The van der Waals surface area contributed by atoms with Gasteiger partial charge in [0.05, 0.1) is 0 Å². The van der Waals surface area contributed by atoms with Crippen LogP contribution in [0.5, 0.6) is 0 Å². The van der Waals surface area contributed by atoms with Crippen molar-refractivity contribution in [1.82, 2.24) is 4.90 Å². The largest absolute Gasteiger partial charge is 0.444 e. The molecule has 1 unspecified atom stereocenters. The second kappa shape index (κ2) is 5.04. The maximum atomic E-state index is 12.0. The van der Waals surface area contributed by atoms with E-state index >= 15 is 0 Å². The monoisotopic (exact) mass is 228 g/mol. The first kappa shape index (κ1) is 13.3. The lowest BCUT2D eigenvalue weighted by Crippen LogP contribution is -2.52. The predicted molar refractivity (Wildman–Crippen MR) is 64.2 cm³/mol. The highest BCUT2D eigenvalue weighted by Gasteiger charge is 2.32. The Kier molecular flexibility index (Phi) is 4.19. The number of carbonyl (C=O) groups is 1. The fourth-order valence-electron chi connectivity index (χ4n) is 2.05. The Morgan fingerprint density at radius 1 is 1.44 bits per heavy atom. The van der Waals surface area contributed by atoms with E-state index in [1.54, 1.807) is 4.90 Å². The van der Waals surface area contributed by atoms with Gasteiger partial charge in [-0.25, -0.2) is 4.79 Å². The van der Waals surface area contributed by atoms with Crippen molar-refractivity contribution in [2.24, 2.45) is 5.73 Å². The number of likely N-dealkylation sites (tertiary alicyclic amines) is 1. The summed E-state index contributed by atoms with van der Waals surface area (Å²) in [5.41, 5.74) is 5.48. The fraction of sp³-hybridized carbons (Fsp3) is 0.917. The van der Waals surface area contributed by atoms with Gasteiger partial charge in [-0.3, -0.25) is 0 Å². The summed E-state index contributed by atoms with van der Waals surface area (Å²) in [6.07, 6.45) is 2.94. The number of nitrogens with two attached hydrogens (primary N) is 1. The molecule has 94 valence electrons. The van der Waals surface area contributed by atoms with Gasteiger partial charge in [-0.05, 0) is 47.0 Å². The van der Waals surface area contributed by atoms with E-state index in [4.69, 9.17) is 10.5 Å². The first-order valence-electron chi connectivity index (χ1n) is 6.06. The van der Waals surface area contributed by atoms with Crippen molar-refractivity contribution in [2.75, 3.05) is 6.54 Å². The molecule has 1 saturated heterocycles. The first-order valence-corrected chi connectivity index (χ1v) is 6.06. The molecule has 0 aromatic heterocycles. The molecule has 0 radical (unpaired) electrons. The minimum absolute atomic E-state index is 0.00724. The van der Waals surface area contributed by atoms with Gasteiger partial charge in [0.1, 0.15) is 5.60 Å². The van der Waals surface area contributed by atoms with E-state index in [1.165, 1.54) is 0 Å². The Morgan fingerprint density at radius 2 is 2.06 bits per heavy atom. The van der Waals surface area contributed by atoms with Crippen LogP contribution in [0, 0.1) is 0 Å². The molecule has 0 aromatic rings. The zero-order valence-electron chi connectivity index (χ0n) is 10.8. The summed E-state index contributed by atoms with van der Waals surface area (Å²) in [7, 11) is 0. The van der Waals surface area contributed by atoms with E-state index in [0.29, 0.717) is 0 Å². The van der Waals surface area contributed by atoms with E-state index in [9.17, 15) is 4.79 Å². The third kappa shape index (κ3) is 3.67. The van der Waals surface area contributed by atoms with Crippen LogP contribution in [-0.4, -0.2) is 35.2 Å². The highest BCUT2D eigenvalue weighted by molar-refractivity contribution is 5.68.